The van der Waals surface area contributed by atoms with Crippen molar-refractivity contribution in [3.05, 3.63) is 51.4 Å². The largest absolute Gasteiger partial charge is 0.339 e. The van der Waals surface area contributed by atoms with E-state index in [4.69, 9.17) is 0 Å². The molecule has 5 heteroatoms. The van der Waals surface area contributed by atoms with E-state index >= 15 is 0 Å². The molecule has 1 atom stereocenters. The van der Waals surface area contributed by atoms with E-state index in [0.29, 0.717) is 11.5 Å². The van der Waals surface area contributed by atoms with Gasteiger partial charge in [-0.2, -0.15) is 0 Å². The molecule has 1 N–H and O–H groups in total. The third kappa shape index (κ3) is 3.65. The zero-order valence-electron chi connectivity index (χ0n) is 16.0. The number of aryl methyl sites for hydroxylation is 1. The van der Waals surface area contributed by atoms with Crippen molar-refractivity contribution in [3.8, 4) is 0 Å². The molecule has 142 valence electrons. The molecule has 2 aliphatic rings. The second-order valence-electron chi connectivity index (χ2n) is 7.88. The Morgan fingerprint density at radius 2 is 1.85 bits per heavy atom. The second kappa shape index (κ2) is 7.47. The van der Waals surface area contributed by atoms with E-state index in [1.54, 1.807) is 11.3 Å². The molecule has 0 radical (unpaired) electrons. The number of benzene rings is 1. The van der Waals surface area contributed by atoms with E-state index in [0.717, 1.165) is 61.3 Å². The highest BCUT2D eigenvalue weighted by molar-refractivity contribution is 7.17. The Balaban J connectivity index is 1.67. The zero-order valence-corrected chi connectivity index (χ0v) is 16.8. The van der Waals surface area contributed by atoms with Crippen LogP contribution in [0.1, 0.15) is 62.9 Å². The number of amides is 2. The Hall–Kier alpha value is -2.14. The third-order valence-electron chi connectivity index (χ3n) is 5.66. The predicted molar refractivity (Wildman–Crippen MR) is 110 cm³/mol. The Labute approximate surface area is 164 Å². The van der Waals surface area contributed by atoms with Crippen molar-refractivity contribution in [1.82, 2.24) is 4.90 Å². The summed E-state index contributed by atoms with van der Waals surface area (Å²) < 4.78 is 0. The summed E-state index contributed by atoms with van der Waals surface area (Å²) in [7, 11) is 0. The van der Waals surface area contributed by atoms with Crippen LogP contribution in [0.2, 0.25) is 0 Å². The average molecular weight is 383 g/mol. The Kier molecular flexibility index (Phi) is 5.04. The zero-order chi connectivity index (χ0) is 19.0. The first kappa shape index (κ1) is 18.2. The summed E-state index contributed by atoms with van der Waals surface area (Å²) in [5.74, 6) is 0.586. The summed E-state index contributed by atoms with van der Waals surface area (Å²) in [6.07, 6.45) is 5.18. The smallest absolute Gasteiger partial charge is 0.257 e. The van der Waals surface area contributed by atoms with Crippen LogP contribution in [-0.4, -0.2) is 29.8 Å². The van der Waals surface area contributed by atoms with Crippen LogP contribution in [-0.2, 0) is 12.8 Å². The van der Waals surface area contributed by atoms with Crippen LogP contribution in [0, 0.1) is 12.8 Å². The molecular weight excluding hydrogens is 356 g/mol. The van der Waals surface area contributed by atoms with Crippen LogP contribution < -0.4 is 5.32 Å². The molecule has 1 saturated heterocycles. The number of carbonyl (C=O) groups is 2. The van der Waals surface area contributed by atoms with E-state index in [1.807, 2.05) is 36.1 Å². The minimum atomic E-state index is -0.142. The van der Waals surface area contributed by atoms with Gasteiger partial charge in [0.05, 0.1) is 5.56 Å². The van der Waals surface area contributed by atoms with Crippen LogP contribution in [0.3, 0.4) is 0 Å². The lowest BCUT2D eigenvalue weighted by Gasteiger charge is -2.21. The molecule has 2 aromatic rings. The van der Waals surface area contributed by atoms with Crippen molar-refractivity contribution in [2.45, 2.75) is 46.0 Å². The van der Waals surface area contributed by atoms with Gasteiger partial charge < -0.3 is 10.2 Å². The van der Waals surface area contributed by atoms with Crippen LogP contribution in [0.4, 0.5) is 5.00 Å². The maximum atomic E-state index is 13.2. The van der Waals surface area contributed by atoms with Gasteiger partial charge in [0.2, 0.25) is 0 Å². The van der Waals surface area contributed by atoms with E-state index in [2.05, 4.69) is 12.2 Å². The van der Waals surface area contributed by atoms with Gasteiger partial charge in [-0.25, -0.2) is 0 Å². The fourth-order valence-electron chi connectivity index (χ4n) is 4.02. The molecule has 1 aromatic heterocycles. The lowest BCUT2D eigenvalue weighted by atomic mass is 9.88. The van der Waals surface area contributed by atoms with E-state index in [1.165, 1.54) is 10.4 Å². The second-order valence-corrected chi connectivity index (χ2v) is 8.98. The molecule has 27 heavy (non-hydrogen) atoms. The molecule has 0 bridgehead atoms. The first-order valence-electron chi connectivity index (χ1n) is 9.84. The molecule has 2 amide bonds. The van der Waals surface area contributed by atoms with Crippen LogP contribution >= 0.6 is 11.3 Å². The Morgan fingerprint density at radius 3 is 2.56 bits per heavy atom. The molecule has 1 fully saturated rings. The standard InChI is InChI=1S/C22H26N2O2S/c1-14-5-8-16(9-6-14)20(25)23-21-19(22(26)24-11-3-4-12-24)17-10-7-15(2)13-18(17)27-21/h5-6,8-9,15H,3-4,7,10-13H2,1-2H3,(H,23,25)/t15-/m1/s1. The maximum Gasteiger partial charge on any atom is 0.257 e. The molecule has 1 aliphatic carbocycles. The van der Waals surface area contributed by atoms with Crippen molar-refractivity contribution in [3.63, 3.8) is 0 Å². The number of hydrogen-bond acceptors (Lipinski definition) is 3. The maximum absolute atomic E-state index is 13.2. The summed E-state index contributed by atoms with van der Waals surface area (Å²) in [6.45, 7) is 5.91. The number of carbonyl (C=O) groups excluding carboxylic acids is 2. The van der Waals surface area contributed by atoms with Gasteiger partial charge in [-0.1, -0.05) is 24.6 Å². The van der Waals surface area contributed by atoms with Crippen molar-refractivity contribution >= 4 is 28.2 Å². The summed E-state index contributed by atoms with van der Waals surface area (Å²) in [5, 5.41) is 3.79. The van der Waals surface area contributed by atoms with Gasteiger partial charge in [0.1, 0.15) is 5.00 Å². The van der Waals surface area contributed by atoms with Gasteiger partial charge in [0.15, 0.2) is 0 Å². The first-order valence-corrected chi connectivity index (χ1v) is 10.7. The van der Waals surface area contributed by atoms with Crippen molar-refractivity contribution in [2.24, 2.45) is 5.92 Å². The number of nitrogens with one attached hydrogen (secondary N) is 1. The van der Waals surface area contributed by atoms with E-state index in [-0.39, 0.29) is 11.8 Å². The highest BCUT2D eigenvalue weighted by atomic mass is 32.1. The van der Waals surface area contributed by atoms with Crippen molar-refractivity contribution < 1.29 is 9.59 Å². The Bertz CT molecular complexity index is 863. The Morgan fingerprint density at radius 1 is 1.15 bits per heavy atom. The van der Waals surface area contributed by atoms with Gasteiger partial charge in [-0.3, -0.25) is 9.59 Å². The molecule has 0 unspecified atom stereocenters. The number of thiophene rings is 1. The molecule has 0 saturated carbocycles. The topological polar surface area (TPSA) is 49.4 Å². The van der Waals surface area contributed by atoms with Crippen molar-refractivity contribution in [2.75, 3.05) is 18.4 Å². The number of likely N-dealkylation sites (tertiary alicyclic amines) is 1. The lowest BCUT2D eigenvalue weighted by molar-refractivity contribution is 0.0793. The van der Waals surface area contributed by atoms with Crippen molar-refractivity contribution in [1.29, 1.82) is 0 Å². The fourth-order valence-corrected chi connectivity index (χ4v) is 5.42. The minimum Gasteiger partial charge on any atom is -0.339 e. The van der Waals surface area contributed by atoms with Gasteiger partial charge in [0, 0.05) is 23.5 Å². The van der Waals surface area contributed by atoms with Crippen LogP contribution in [0.5, 0.6) is 0 Å². The number of nitrogens with zero attached hydrogens (tertiary/aromatic N) is 1. The summed E-state index contributed by atoms with van der Waals surface area (Å²) >= 11 is 1.60. The van der Waals surface area contributed by atoms with Crippen LogP contribution in [0.15, 0.2) is 24.3 Å². The monoisotopic (exact) mass is 382 g/mol. The minimum absolute atomic E-state index is 0.0961. The summed E-state index contributed by atoms with van der Waals surface area (Å²) in [5.41, 5.74) is 3.68. The SMILES string of the molecule is Cc1ccc(C(=O)Nc2sc3c(c2C(=O)N2CCCC2)CC[C@@H](C)C3)cc1. The molecule has 1 aliphatic heterocycles. The fraction of sp³-hybridized carbons (Fsp3) is 0.455. The van der Waals surface area contributed by atoms with Crippen LogP contribution in [0.25, 0.3) is 0 Å². The lowest BCUT2D eigenvalue weighted by Crippen LogP contribution is -2.29. The first-order chi connectivity index (χ1) is 13.0. The molecule has 4 rings (SSSR count). The molecule has 0 spiro atoms. The highest BCUT2D eigenvalue weighted by Gasteiger charge is 2.31. The number of anilines is 1. The van der Waals surface area contributed by atoms with E-state index in [9.17, 15) is 9.59 Å². The summed E-state index contributed by atoms with van der Waals surface area (Å²) in [6, 6.07) is 7.54. The molecule has 2 heterocycles. The highest BCUT2D eigenvalue weighted by Crippen LogP contribution is 2.40. The molecular formula is C22H26N2O2S. The molecule has 1 aromatic carbocycles. The normalized spacial score (nSPS) is 19.0. The number of rotatable bonds is 3. The summed E-state index contributed by atoms with van der Waals surface area (Å²) in [4.78, 5) is 29.2. The van der Waals surface area contributed by atoms with E-state index < -0.39 is 0 Å². The third-order valence-corrected chi connectivity index (χ3v) is 6.83. The average Bonchev–Trinajstić information content (AvgIpc) is 3.29. The number of fused-ring (bicyclic) bond motifs is 1. The van der Waals surface area contributed by atoms with Gasteiger partial charge in [-0.05, 0) is 62.6 Å². The van der Waals surface area contributed by atoms with Gasteiger partial charge >= 0.3 is 0 Å². The number of hydrogen-bond donors (Lipinski definition) is 1. The molecule has 4 nitrogen and oxygen atoms in total. The van der Waals surface area contributed by atoms with Gasteiger partial charge in [0.25, 0.3) is 11.8 Å². The van der Waals surface area contributed by atoms with Gasteiger partial charge in [-0.15, -0.1) is 11.3 Å². The predicted octanol–water partition coefficient (Wildman–Crippen LogP) is 4.67. The quantitative estimate of drug-likeness (QED) is 0.839.